The van der Waals surface area contributed by atoms with E-state index in [0.717, 1.165) is 12.8 Å². The summed E-state index contributed by atoms with van der Waals surface area (Å²) in [7, 11) is 3.23. The third-order valence-electron chi connectivity index (χ3n) is 6.26. The zero-order valence-electron chi connectivity index (χ0n) is 14.2. The van der Waals surface area contributed by atoms with E-state index in [-0.39, 0.29) is 5.41 Å². The average molecular weight is 322 g/mol. The van der Waals surface area contributed by atoms with Crippen LogP contribution in [-0.4, -0.2) is 50.7 Å². The molecule has 0 aromatic carbocycles. The van der Waals surface area contributed by atoms with Crippen LogP contribution in [0, 0.1) is 5.41 Å². The van der Waals surface area contributed by atoms with Crippen molar-refractivity contribution in [2.75, 3.05) is 27.4 Å². The summed E-state index contributed by atoms with van der Waals surface area (Å²) >= 11 is 0. The van der Waals surface area contributed by atoms with Gasteiger partial charge in [-0.15, -0.1) is 0 Å². The number of hydrogen-bond donors (Lipinski definition) is 0. The van der Waals surface area contributed by atoms with Crippen LogP contribution >= 0.6 is 0 Å². The fourth-order valence-corrected chi connectivity index (χ4v) is 4.69. The summed E-state index contributed by atoms with van der Waals surface area (Å²) in [6, 6.07) is 0. The van der Waals surface area contributed by atoms with E-state index in [1.807, 2.05) is 12.2 Å². The minimum absolute atomic E-state index is 0.107. The van der Waals surface area contributed by atoms with Gasteiger partial charge in [-0.2, -0.15) is 0 Å². The summed E-state index contributed by atoms with van der Waals surface area (Å²) in [5, 5.41) is 0. The number of fused-ring (bicyclic) bond motifs is 3. The third kappa shape index (κ3) is 1.86. The van der Waals surface area contributed by atoms with Crippen LogP contribution in [0.4, 0.5) is 0 Å². The second-order valence-corrected chi connectivity index (χ2v) is 7.17. The van der Waals surface area contributed by atoms with Gasteiger partial charge in [0.2, 0.25) is 11.6 Å². The minimum atomic E-state index is -1.08. The summed E-state index contributed by atoms with van der Waals surface area (Å²) in [5.74, 6) is -2.17. The summed E-state index contributed by atoms with van der Waals surface area (Å²) < 4.78 is 29.7. The number of rotatable bonds is 2. The minimum Gasteiger partial charge on any atom is -0.362 e. The molecule has 3 fully saturated rings. The van der Waals surface area contributed by atoms with Crippen LogP contribution in [-0.2, 0) is 23.7 Å². The molecule has 0 amide bonds. The Hall–Kier alpha value is -0.720. The Morgan fingerprint density at radius 1 is 0.913 bits per heavy atom. The highest BCUT2D eigenvalue weighted by atomic mass is 16.8. The predicted octanol–water partition coefficient (Wildman–Crippen LogP) is 2.56. The third-order valence-corrected chi connectivity index (χ3v) is 6.26. The topological polar surface area (TPSA) is 46.2 Å². The maximum atomic E-state index is 6.34. The lowest BCUT2D eigenvalue weighted by Crippen LogP contribution is -2.66. The summed E-state index contributed by atoms with van der Waals surface area (Å²) in [4.78, 5) is 0. The Morgan fingerprint density at radius 3 is 2.04 bits per heavy atom. The van der Waals surface area contributed by atoms with Gasteiger partial charge in [-0.25, -0.2) is 0 Å². The molecule has 5 nitrogen and oxygen atoms in total. The first-order chi connectivity index (χ1) is 11.1. The second kappa shape index (κ2) is 5.14. The van der Waals surface area contributed by atoms with Gasteiger partial charge in [0.05, 0.1) is 19.3 Å². The van der Waals surface area contributed by atoms with Crippen LogP contribution in [0.2, 0.25) is 0 Å². The van der Waals surface area contributed by atoms with Crippen LogP contribution in [0.15, 0.2) is 24.3 Å². The molecule has 2 unspecified atom stereocenters. The molecule has 0 N–H and O–H groups in total. The van der Waals surface area contributed by atoms with Crippen LogP contribution < -0.4 is 0 Å². The molecule has 0 aromatic heterocycles. The maximum absolute atomic E-state index is 6.34. The number of ether oxygens (including phenoxy) is 5. The van der Waals surface area contributed by atoms with Gasteiger partial charge in [-0.3, -0.25) is 0 Å². The quantitative estimate of drug-likeness (QED) is 0.731. The van der Waals surface area contributed by atoms with Crippen molar-refractivity contribution in [3.8, 4) is 0 Å². The monoisotopic (exact) mass is 322 g/mol. The molecule has 2 heterocycles. The molecule has 0 radical (unpaired) electrons. The van der Waals surface area contributed by atoms with Gasteiger partial charge in [-0.1, -0.05) is 19.8 Å². The first-order valence-corrected chi connectivity index (χ1v) is 8.52. The van der Waals surface area contributed by atoms with E-state index in [0.29, 0.717) is 19.3 Å². The molecule has 23 heavy (non-hydrogen) atoms. The van der Waals surface area contributed by atoms with E-state index in [1.54, 1.807) is 14.2 Å². The molecule has 4 atom stereocenters. The zero-order valence-corrected chi connectivity index (χ0v) is 14.2. The van der Waals surface area contributed by atoms with Crippen LogP contribution in [0.1, 0.15) is 32.6 Å². The number of methoxy groups -OCH3 is 2. The molecule has 2 aliphatic carbocycles. The molecule has 4 aliphatic rings. The Bertz CT molecular complexity index is 514. The van der Waals surface area contributed by atoms with E-state index in [9.17, 15) is 0 Å². The molecular formula is C18H26O5. The molecule has 2 saturated heterocycles. The lowest BCUT2D eigenvalue weighted by Gasteiger charge is -2.62. The highest BCUT2D eigenvalue weighted by Gasteiger charge is 2.65. The SMILES string of the molecule is CO[C@@]12C=CC3(C=C[C@@]1(OC)OCCO2)OC1CCCCC13C. The Morgan fingerprint density at radius 2 is 1.52 bits per heavy atom. The molecule has 128 valence electrons. The van der Waals surface area contributed by atoms with Gasteiger partial charge in [-0.05, 0) is 37.1 Å². The van der Waals surface area contributed by atoms with Gasteiger partial charge < -0.3 is 23.7 Å². The van der Waals surface area contributed by atoms with Crippen molar-refractivity contribution >= 4 is 0 Å². The Balaban J connectivity index is 1.77. The van der Waals surface area contributed by atoms with Crippen molar-refractivity contribution in [2.45, 2.75) is 55.9 Å². The zero-order chi connectivity index (χ0) is 16.2. The molecule has 1 spiro atoms. The van der Waals surface area contributed by atoms with Crippen LogP contribution in [0.5, 0.6) is 0 Å². The normalized spacial score (nSPS) is 51.7. The van der Waals surface area contributed by atoms with E-state index >= 15 is 0 Å². The lowest BCUT2D eigenvalue weighted by molar-refractivity contribution is -0.389. The second-order valence-electron chi connectivity index (χ2n) is 7.17. The standard InChI is InChI=1S/C18H26O5/c1-15-7-5-4-6-14(15)23-16(15)8-10-17(19-2)18(20-3,11-9-16)22-13-12-21-17/h8-11,14H,4-7,12-13H2,1-3H3/t14?,15?,17-,18-/m1/s1. The van der Waals surface area contributed by atoms with Crippen molar-refractivity contribution in [1.82, 2.24) is 0 Å². The molecule has 4 rings (SSSR count). The lowest BCUT2D eigenvalue weighted by atomic mass is 9.57. The van der Waals surface area contributed by atoms with Crippen LogP contribution in [0.3, 0.4) is 0 Å². The fraction of sp³-hybridized carbons (Fsp3) is 0.778. The summed E-state index contributed by atoms with van der Waals surface area (Å²) in [5.41, 5.74) is -0.325. The molecular weight excluding hydrogens is 296 g/mol. The summed E-state index contributed by atoms with van der Waals surface area (Å²) in [6.07, 6.45) is 13.1. The summed E-state index contributed by atoms with van der Waals surface area (Å²) in [6.45, 7) is 3.25. The highest BCUT2D eigenvalue weighted by molar-refractivity contribution is 5.35. The van der Waals surface area contributed by atoms with E-state index in [1.165, 1.54) is 12.8 Å². The molecule has 2 aliphatic heterocycles. The van der Waals surface area contributed by atoms with Gasteiger partial charge >= 0.3 is 0 Å². The van der Waals surface area contributed by atoms with Gasteiger partial charge in [0.25, 0.3) is 0 Å². The van der Waals surface area contributed by atoms with Crippen molar-refractivity contribution in [1.29, 1.82) is 0 Å². The van der Waals surface area contributed by atoms with Gasteiger partial charge in [0.15, 0.2) is 0 Å². The highest BCUT2D eigenvalue weighted by Crippen LogP contribution is 2.60. The Labute approximate surface area is 137 Å². The largest absolute Gasteiger partial charge is 0.362 e. The first-order valence-electron chi connectivity index (χ1n) is 8.52. The van der Waals surface area contributed by atoms with Crippen molar-refractivity contribution in [2.24, 2.45) is 5.41 Å². The molecule has 0 aromatic rings. The van der Waals surface area contributed by atoms with Crippen LogP contribution in [0.25, 0.3) is 0 Å². The maximum Gasteiger partial charge on any atom is 0.248 e. The van der Waals surface area contributed by atoms with Crippen molar-refractivity contribution in [3.63, 3.8) is 0 Å². The Kier molecular flexibility index (Phi) is 3.53. The fourth-order valence-electron chi connectivity index (χ4n) is 4.69. The van der Waals surface area contributed by atoms with E-state index < -0.39 is 17.2 Å². The molecule has 0 bridgehead atoms. The van der Waals surface area contributed by atoms with E-state index in [2.05, 4.69) is 19.1 Å². The predicted molar refractivity (Wildman–Crippen MR) is 83.8 cm³/mol. The van der Waals surface area contributed by atoms with Crippen molar-refractivity contribution in [3.05, 3.63) is 24.3 Å². The molecule has 5 heteroatoms. The van der Waals surface area contributed by atoms with Gasteiger partial charge in [0.1, 0.15) is 5.60 Å². The van der Waals surface area contributed by atoms with E-state index in [4.69, 9.17) is 23.7 Å². The van der Waals surface area contributed by atoms with Crippen molar-refractivity contribution < 1.29 is 23.7 Å². The van der Waals surface area contributed by atoms with Gasteiger partial charge in [0, 0.05) is 19.6 Å². The first kappa shape index (κ1) is 15.8. The molecule has 1 saturated carbocycles. The smallest absolute Gasteiger partial charge is 0.248 e. The average Bonchev–Trinajstić information content (AvgIpc) is 2.74. The number of hydrogen-bond acceptors (Lipinski definition) is 5.